The number of carboxylic acid groups (broad SMARTS) is 1. The van der Waals surface area contributed by atoms with Crippen molar-refractivity contribution in [1.29, 1.82) is 5.26 Å². The van der Waals surface area contributed by atoms with Crippen molar-refractivity contribution in [2.75, 3.05) is 24.5 Å². The van der Waals surface area contributed by atoms with Crippen molar-refractivity contribution < 1.29 is 33.5 Å². The van der Waals surface area contributed by atoms with Crippen molar-refractivity contribution in [1.82, 2.24) is 15.0 Å². The standard InChI is InChI=1S/C33H33ClN6O7/c1-19(40(32(43)44)33(2,3)4)13-29(41)37-22-8-6-7-20(14-22)24-16-26(23-10-9-21(34)15-28(23)46-18-45-5)38-30(25(24)17-35)39-31(42)27-11-12-36-47-27/h6-12,14-16,19H,13,18H2,1-5H3,(H,37,41)(H,43,44)(H,38,39,42)/t19-/m0/s1. The molecule has 2 aromatic heterocycles. The van der Waals surface area contributed by atoms with Crippen LogP contribution < -0.4 is 15.4 Å². The van der Waals surface area contributed by atoms with Crippen molar-refractivity contribution in [2.24, 2.45) is 0 Å². The van der Waals surface area contributed by atoms with Crippen LogP contribution in [0.15, 0.2) is 65.3 Å². The van der Waals surface area contributed by atoms with Gasteiger partial charge in [-0.25, -0.2) is 9.78 Å². The first-order valence-electron chi connectivity index (χ1n) is 14.3. The number of pyridine rings is 1. The van der Waals surface area contributed by atoms with E-state index in [4.69, 9.17) is 25.6 Å². The van der Waals surface area contributed by atoms with Gasteiger partial charge in [0.25, 0.3) is 5.91 Å². The van der Waals surface area contributed by atoms with Gasteiger partial charge in [-0.3, -0.25) is 9.59 Å². The number of ether oxygens (including phenoxy) is 2. The summed E-state index contributed by atoms with van der Waals surface area (Å²) in [6.07, 6.45) is 0.0979. The molecule has 13 nitrogen and oxygen atoms in total. The number of benzene rings is 2. The lowest BCUT2D eigenvalue weighted by molar-refractivity contribution is -0.117. The zero-order chi connectivity index (χ0) is 34.3. The van der Waals surface area contributed by atoms with Crippen LogP contribution in [0.25, 0.3) is 22.4 Å². The molecule has 4 rings (SSSR count). The lowest BCUT2D eigenvalue weighted by Gasteiger charge is -2.37. The molecule has 0 fully saturated rings. The van der Waals surface area contributed by atoms with Gasteiger partial charge in [0.1, 0.15) is 17.4 Å². The number of carbonyl (C=O) groups is 3. The van der Waals surface area contributed by atoms with Crippen molar-refractivity contribution in [3.8, 4) is 34.2 Å². The van der Waals surface area contributed by atoms with Crippen molar-refractivity contribution in [2.45, 2.75) is 45.7 Å². The third-order valence-corrected chi connectivity index (χ3v) is 7.12. The number of nitriles is 1. The van der Waals surface area contributed by atoms with Gasteiger partial charge in [-0.2, -0.15) is 5.26 Å². The predicted octanol–water partition coefficient (Wildman–Crippen LogP) is 6.66. The molecule has 2 heterocycles. The Bertz CT molecular complexity index is 1820. The third kappa shape index (κ3) is 8.43. The van der Waals surface area contributed by atoms with E-state index in [2.05, 4.69) is 26.8 Å². The van der Waals surface area contributed by atoms with E-state index in [1.807, 2.05) is 0 Å². The normalized spacial score (nSPS) is 11.7. The van der Waals surface area contributed by atoms with Crippen LogP contribution in [0.3, 0.4) is 0 Å². The highest BCUT2D eigenvalue weighted by molar-refractivity contribution is 6.30. The quantitative estimate of drug-likeness (QED) is 0.147. The molecule has 14 heteroatoms. The fraction of sp³-hybridized carbons (Fsp3) is 0.273. The van der Waals surface area contributed by atoms with Crippen LogP contribution >= 0.6 is 11.6 Å². The fourth-order valence-electron chi connectivity index (χ4n) is 5.04. The summed E-state index contributed by atoms with van der Waals surface area (Å²) in [7, 11) is 1.47. The monoisotopic (exact) mass is 660 g/mol. The summed E-state index contributed by atoms with van der Waals surface area (Å²) in [5.41, 5.74) is 1.45. The maximum absolute atomic E-state index is 13.0. The van der Waals surface area contributed by atoms with Crippen LogP contribution in [0.2, 0.25) is 5.02 Å². The zero-order valence-electron chi connectivity index (χ0n) is 26.3. The lowest BCUT2D eigenvalue weighted by Crippen LogP contribution is -2.51. The van der Waals surface area contributed by atoms with E-state index in [1.54, 1.807) is 76.2 Å². The molecule has 4 aromatic rings. The maximum atomic E-state index is 13.0. The number of anilines is 2. The van der Waals surface area contributed by atoms with Crippen LogP contribution in [0.5, 0.6) is 5.75 Å². The number of aromatic nitrogens is 2. The smallest absolute Gasteiger partial charge is 0.407 e. The van der Waals surface area contributed by atoms with E-state index in [1.165, 1.54) is 24.3 Å². The van der Waals surface area contributed by atoms with Gasteiger partial charge < -0.3 is 34.6 Å². The second kappa shape index (κ2) is 14.8. The Balaban J connectivity index is 1.76. The number of methoxy groups -OCH3 is 1. The average Bonchev–Trinajstić information content (AvgIpc) is 3.54. The highest BCUT2D eigenvalue weighted by Gasteiger charge is 2.32. The van der Waals surface area contributed by atoms with E-state index in [-0.39, 0.29) is 30.4 Å². The van der Waals surface area contributed by atoms with Crippen LogP contribution in [-0.2, 0) is 9.53 Å². The predicted molar refractivity (Wildman–Crippen MR) is 174 cm³/mol. The molecule has 3 N–H and O–H groups in total. The van der Waals surface area contributed by atoms with Gasteiger partial charge in [0.2, 0.25) is 11.7 Å². The Labute approximate surface area is 276 Å². The molecular weight excluding hydrogens is 628 g/mol. The van der Waals surface area contributed by atoms with Crippen LogP contribution in [0.1, 0.15) is 50.2 Å². The maximum Gasteiger partial charge on any atom is 0.407 e. The van der Waals surface area contributed by atoms with Gasteiger partial charge in [0.05, 0.1) is 11.9 Å². The number of nitrogens with zero attached hydrogens (tertiary/aromatic N) is 4. The number of halogens is 1. The summed E-state index contributed by atoms with van der Waals surface area (Å²) in [6.45, 7) is 6.86. The number of rotatable bonds is 11. The molecule has 3 amide bonds. The molecule has 47 heavy (non-hydrogen) atoms. The van der Waals surface area contributed by atoms with Crippen LogP contribution in [-0.4, -0.2) is 63.5 Å². The second-order valence-electron chi connectivity index (χ2n) is 11.4. The molecule has 0 aliphatic heterocycles. The molecule has 244 valence electrons. The molecule has 0 spiro atoms. The van der Waals surface area contributed by atoms with Gasteiger partial charge in [-0.1, -0.05) is 28.9 Å². The fourth-order valence-corrected chi connectivity index (χ4v) is 5.20. The topological polar surface area (TPSA) is 180 Å². The lowest BCUT2D eigenvalue weighted by atomic mass is 9.97. The highest BCUT2D eigenvalue weighted by atomic mass is 35.5. The molecule has 0 bridgehead atoms. The number of hydrogen-bond donors (Lipinski definition) is 3. The molecule has 0 saturated carbocycles. The van der Waals surface area contributed by atoms with Gasteiger partial charge in [-0.05, 0) is 69.7 Å². The van der Waals surface area contributed by atoms with Crippen molar-refractivity contribution in [3.63, 3.8) is 0 Å². The Kier molecular flexibility index (Phi) is 10.8. The van der Waals surface area contributed by atoms with Gasteiger partial charge in [0.15, 0.2) is 12.6 Å². The summed E-state index contributed by atoms with van der Waals surface area (Å²) >= 11 is 6.24. The minimum Gasteiger partial charge on any atom is -0.467 e. The van der Waals surface area contributed by atoms with Gasteiger partial charge in [-0.15, -0.1) is 0 Å². The summed E-state index contributed by atoms with van der Waals surface area (Å²) in [4.78, 5) is 43.7. The third-order valence-electron chi connectivity index (χ3n) is 6.88. The molecule has 1 atom stereocenters. The van der Waals surface area contributed by atoms with Crippen LogP contribution in [0, 0.1) is 11.3 Å². The first-order chi connectivity index (χ1) is 22.3. The van der Waals surface area contributed by atoms with E-state index < -0.39 is 29.5 Å². The number of amides is 3. The number of carbonyl (C=O) groups excluding carboxylic acids is 2. The van der Waals surface area contributed by atoms with Crippen LogP contribution in [0.4, 0.5) is 16.3 Å². The average molecular weight is 661 g/mol. The second-order valence-corrected chi connectivity index (χ2v) is 11.9. The molecule has 2 aromatic carbocycles. The summed E-state index contributed by atoms with van der Waals surface area (Å²) < 4.78 is 15.8. The van der Waals surface area contributed by atoms with Gasteiger partial charge in [0, 0.05) is 53.0 Å². The SMILES string of the molecule is COCOc1cc(Cl)ccc1-c1cc(-c2cccc(NC(=O)C[C@H](C)N(C(=O)O)C(C)(C)C)c2)c(C#N)c(NC(=O)c2ccno2)n1. The molecule has 0 saturated heterocycles. The van der Waals surface area contributed by atoms with Crippen molar-refractivity contribution in [3.05, 3.63) is 77.1 Å². The summed E-state index contributed by atoms with van der Waals surface area (Å²) in [6, 6.07) is 16.2. The first-order valence-corrected chi connectivity index (χ1v) is 14.7. The van der Waals surface area contributed by atoms with E-state index >= 15 is 0 Å². The minimum atomic E-state index is -1.13. The Hall–Kier alpha value is -5.45. The molecule has 0 aliphatic carbocycles. The Morgan fingerprint density at radius 2 is 1.87 bits per heavy atom. The number of nitrogens with one attached hydrogen (secondary N) is 2. The van der Waals surface area contributed by atoms with Gasteiger partial charge >= 0.3 is 6.09 Å². The molecule has 0 unspecified atom stereocenters. The number of hydrogen-bond acceptors (Lipinski definition) is 9. The molecular formula is C33H33ClN6O7. The molecule has 0 aliphatic rings. The largest absolute Gasteiger partial charge is 0.467 e. The first kappa shape index (κ1) is 34.4. The van der Waals surface area contributed by atoms with E-state index in [0.717, 1.165) is 0 Å². The summed E-state index contributed by atoms with van der Waals surface area (Å²) in [5, 5.41) is 29.4. The Morgan fingerprint density at radius 3 is 2.51 bits per heavy atom. The highest BCUT2D eigenvalue weighted by Crippen LogP contribution is 2.38. The van der Waals surface area contributed by atoms with Crippen molar-refractivity contribution >= 4 is 41.0 Å². The van der Waals surface area contributed by atoms with E-state index in [9.17, 15) is 24.8 Å². The Morgan fingerprint density at radius 1 is 1.11 bits per heavy atom. The zero-order valence-corrected chi connectivity index (χ0v) is 27.1. The molecule has 0 radical (unpaired) electrons. The summed E-state index contributed by atoms with van der Waals surface area (Å²) in [5.74, 6) is -0.890. The minimum absolute atomic E-state index is 0.0364. The van der Waals surface area contributed by atoms with E-state index in [0.29, 0.717) is 38.8 Å².